The summed E-state index contributed by atoms with van der Waals surface area (Å²) in [5.41, 5.74) is 8.31. The molecule has 0 radical (unpaired) electrons. The van der Waals surface area contributed by atoms with Crippen LogP contribution in [0.1, 0.15) is 36.5 Å². The number of methoxy groups -OCH3 is 1. The normalized spacial score (nSPS) is 13.1. The zero-order chi connectivity index (χ0) is 23.7. The van der Waals surface area contributed by atoms with E-state index in [2.05, 4.69) is 41.5 Å². The van der Waals surface area contributed by atoms with Crippen LogP contribution in [0.5, 0.6) is 5.75 Å². The number of hydrogen-bond acceptors (Lipinski definition) is 4. The van der Waals surface area contributed by atoms with Gasteiger partial charge in [0.2, 0.25) is 10.0 Å². The van der Waals surface area contributed by atoms with Crippen molar-refractivity contribution in [3.8, 4) is 5.75 Å². The fourth-order valence-corrected chi connectivity index (χ4v) is 6.15. The predicted octanol–water partition coefficient (Wildman–Crippen LogP) is 5.19. The molecule has 2 N–H and O–H groups in total. The Bertz CT molecular complexity index is 1460. The molecule has 8 heteroatoms. The van der Waals surface area contributed by atoms with E-state index >= 15 is 0 Å². The lowest BCUT2D eigenvalue weighted by Gasteiger charge is -2.14. The summed E-state index contributed by atoms with van der Waals surface area (Å²) in [5, 5.41) is 3.28. The molecule has 0 saturated carbocycles. The Morgan fingerprint density at radius 3 is 2.66 bits per heavy atom. The molecule has 0 bridgehead atoms. The van der Waals surface area contributed by atoms with E-state index in [0.29, 0.717) is 18.0 Å². The lowest BCUT2D eigenvalue weighted by atomic mass is 9.93. The van der Waals surface area contributed by atoms with Crippen LogP contribution in [0, 0.1) is 0 Å². The van der Waals surface area contributed by atoms with Crippen LogP contribution in [0.25, 0.3) is 21.7 Å². The van der Waals surface area contributed by atoms with Crippen molar-refractivity contribution in [2.24, 2.45) is 0 Å². The molecule has 1 heterocycles. The summed E-state index contributed by atoms with van der Waals surface area (Å²) in [6.07, 6.45) is 7.27. The lowest BCUT2D eigenvalue weighted by molar-refractivity contribution is 0.415. The quantitative estimate of drug-likeness (QED) is 0.302. The van der Waals surface area contributed by atoms with E-state index in [0.717, 1.165) is 53.3 Å². The Morgan fingerprint density at radius 1 is 1.03 bits per heavy atom. The molecular formula is C27H32ClN3O3S. The van der Waals surface area contributed by atoms with Gasteiger partial charge < -0.3 is 10.2 Å². The number of hydrogen-bond donors (Lipinski definition) is 2. The van der Waals surface area contributed by atoms with Gasteiger partial charge in [-0.2, -0.15) is 0 Å². The highest BCUT2D eigenvalue weighted by molar-refractivity contribution is 7.89. The number of aryl methyl sites for hydroxylation is 3. The third-order valence-corrected chi connectivity index (χ3v) is 8.08. The molecule has 0 unspecified atom stereocenters. The minimum atomic E-state index is -3.63. The number of benzene rings is 3. The number of nitrogens with one attached hydrogen (secondary N) is 2. The zero-order valence-corrected chi connectivity index (χ0v) is 21.8. The van der Waals surface area contributed by atoms with Gasteiger partial charge in [0, 0.05) is 24.7 Å². The van der Waals surface area contributed by atoms with Gasteiger partial charge in [-0.3, -0.25) is 4.68 Å². The number of nitrogens with zero attached hydrogens (tertiary/aromatic N) is 1. The molecule has 0 saturated heterocycles. The van der Waals surface area contributed by atoms with Crippen LogP contribution in [-0.2, 0) is 29.3 Å². The Labute approximate surface area is 213 Å². The van der Waals surface area contributed by atoms with Crippen molar-refractivity contribution >= 4 is 44.1 Å². The second kappa shape index (κ2) is 10.5. The summed E-state index contributed by atoms with van der Waals surface area (Å²) in [6.45, 7) is 2.87. The molecule has 0 amide bonds. The van der Waals surface area contributed by atoms with E-state index < -0.39 is 10.0 Å². The maximum Gasteiger partial charge on any atom is 0.240 e. The van der Waals surface area contributed by atoms with Gasteiger partial charge in [0.25, 0.3) is 0 Å². The van der Waals surface area contributed by atoms with Crippen molar-refractivity contribution in [3.05, 3.63) is 71.4 Å². The van der Waals surface area contributed by atoms with Crippen molar-refractivity contribution in [2.45, 2.75) is 43.9 Å². The highest BCUT2D eigenvalue weighted by Crippen LogP contribution is 2.31. The average Bonchev–Trinajstić information content (AvgIpc) is 3.21. The van der Waals surface area contributed by atoms with Crippen LogP contribution in [0.3, 0.4) is 0 Å². The van der Waals surface area contributed by atoms with Crippen LogP contribution in [0.2, 0.25) is 0 Å². The fourth-order valence-electron chi connectivity index (χ4n) is 5.03. The Morgan fingerprint density at radius 2 is 1.86 bits per heavy atom. The van der Waals surface area contributed by atoms with E-state index in [-0.39, 0.29) is 12.4 Å². The Balaban J connectivity index is 0.00000289. The maximum absolute atomic E-state index is 13.1. The number of fused-ring (bicyclic) bond motifs is 1. The molecule has 1 aromatic heterocycles. The monoisotopic (exact) mass is 513 g/mol. The van der Waals surface area contributed by atoms with Crippen LogP contribution in [0.4, 0.5) is 0 Å². The molecule has 0 fully saturated rings. The fraction of sp³-hybridized carbons (Fsp3) is 0.333. The van der Waals surface area contributed by atoms with Crippen molar-refractivity contribution in [3.63, 3.8) is 0 Å². The van der Waals surface area contributed by atoms with E-state index in [1.165, 1.54) is 22.9 Å². The molecule has 186 valence electrons. The third-order valence-electron chi connectivity index (χ3n) is 6.64. The second-order valence-electron chi connectivity index (χ2n) is 8.91. The van der Waals surface area contributed by atoms with Gasteiger partial charge >= 0.3 is 0 Å². The summed E-state index contributed by atoms with van der Waals surface area (Å²) < 4.78 is 36.4. The Kier molecular flexibility index (Phi) is 7.59. The number of rotatable bonds is 9. The van der Waals surface area contributed by atoms with Crippen LogP contribution >= 0.6 is 12.4 Å². The second-order valence-corrected chi connectivity index (χ2v) is 10.7. The molecule has 1 aliphatic carbocycles. The van der Waals surface area contributed by atoms with Crippen LogP contribution < -0.4 is 14.9 Å². The minimum absolute atomic E-state index is 0. The summed E-state index contributed by atoms with van der Waals surface area (Å²) in [5.74, 6) is 0.771. The molecular weight excluding hydrogens is 482 g/mol. The first-order valence-electron chi connectivity index (χ1n) is 12.0. The van der Waals surface area contributed by atoms with Gasteiger partial charge in [-0.15, -0.1) is 12.4 Å². The van der Waals surface area contributed by atoms with Crippen LogP contribution in [0.15, 0.2) is 59.6 Å². The van der Waals surface area contributed by atoms with Gasteiger partial charge in [-0.05, 0) is 83.5 Å². The van der Waals surface area contributed by atoms with E-state index in [4.69, 9.17) is 4.74 Å². The van der Waals surface area contributed by atoms with Gasteiger partial charge in [-0.1, -0.05) is 31.5 Å². The summed E-state index contributed by atoms with van der Waals surface area (Å²) in [6, 6.07) is 15.7. The molecule has 5 rings (SSSR count). The summed E-state index contributed by atoms with van der Waals surface area (Å²) >= 11 is 0. The number of aromatic nitrogens is 1. The number of sulfonamides is 1. The highest BCUT2D eigenvalue weighted by atomic mass is 35.5. The molecule has 3 aromatic carbocycles. The number of halogens is 1. The maximum atomic E-state index is 13.1. The van der Waals surface area contributed by atoms with Gasteiger partial charge in [0.15, 0.2) is 0 Å². The van der Waals surface area contributed by atoms with E-state index in [9.17, 15) is 8.42 Å². The standard InChI is InChI=1S/C27H31N3O3S.ClH/c1-3-6-20-15-24(16-21-11-12-23(33-2)17-25(20)21)34(31,32)29-14-13-28-30-18-22-9-4-7-19-8-5-10-26(30)27(19)22;/h5,8,10-12,15-18,28-29H,3-4,6-7,9,13-14H2,1-2H3;1H. The Hall–Kier alpha value is -2.74. The largest absolute Gasteiger partial charge is 0.497 e. The van der Waals surface area contributed by atoms with Gasteiger partial charge in [0.05, 0.1) is 17.5 Å². The molecule has 4 aromatic rings. The van der Waals surface area contributed by atoms with Gasteiger partial charge in [0.1, 0.15) is 5.75 Å². The van der Waals surface area contributed by atoms with E-state index in [1.54, 1.807) is 19.2 Å². The zero-order valence-electron chi connectivity index (χ0n) is 20.1. The summed E-state index contributed by atoms with van der Waals surface area (Å²) in [7, 11) is -1.99. The summed E-state index contributed by atoms with van der Waals surface area (Å²) in [4.78, 5) is 0.304. The molecule has 35 heavy (non-hydrogen) atoms. The molecule has 6 nitrogen and oxygen atoms in total. The van der Waals surface area contributed by atoms with E-state index in [1.807, 2.05) is 22.9 Å². The SMILES string of the molecule is CCCc1cc(S(=O)(=O)NCCNn2cc3c4c(cccc42)CCC3)cc2ccc(OC)cc12.Cl. The lowest BCUT2D eigenvalue weighted by Crippen LogP contribution is -2.31. The molecule has 1 aliphatic rings. The van der Waals surface area contributed by atoms with Crippen molar-refractivity contribution in [1.29, 1.82) is 0 Å². The van der Waals surface area contributed by atoms with Gasteiger partial charge in [-0.25, -0.2) is 13.1 Å². The predicted molar refractivity (Wildman–Crippen MR) is 145 cm³/mol. The first-order valence-corrected chi connectivity index (χ1v) is 13.4. The first kappa shape index (κ1) is 25.4. The van der Waals surface area contributed by atoms with Crippen molar-refractivity contribution in [2.75, 3.05) is 25.6 Å². The molecule has 0 aliphatic heterocycles. The first-order chi connectivity index (χ1) is 16.5. The average molecular weight is 514 g/mol. The smallest absolute Gasteiger partial charge is 0.240 e. The highest BCUT2D eigenvalue weighted by Gasteiger charge is 2.18. The topological polar surface area (TPSA) is 72.4 Å². The minimum Gasteiger partial charge on any atom is -0.497 e. The van der Waals surface area contributed by atoms with Crippen molar-refractivity contribution < 1.29 is 13.2 Å². The third kappa shape index (κ3) is 4.99. The number of ether oxygens (including phenoxy) is 1. The molecule has 0 spiro atoms. The van der Waals surface area contributed by atoms with Crippen molar-refractivity contribution in [1.82, 2.24) is 9.40 Å². The van der Waals surface area contributed by atoms with Crippen LogP contribution in [-0.4, -0.2) is 33.3 Å². The molecule has 0 atom stereocenters.